The second-order valence-electron chi connectivity index (χ2n) is 4.72. The van der Waals surface area contributed by atoms with Crippen molar-refractivity contribution in [2.75, 3.05) is 18.0 Å². The first-order chi connectivity index (χ1) is 8.45. The summed E-state index contributed by atoms with van der Waals surface area (Å²) in [7, 11) is 0. The molecule has 3 heteroatoms. The van der Waals surface area contributed by atoms with Gasteiger partial charge in [0.15, 0.2) is 0 Å². The maximum absolute atomic E-state index is 11.0. The Labute approximate surface area is 109 Å². The first-order valence-electron chi connectivity index (χ1n) is 6.11. The first kappa shape index (κ1) is 14.3. The Morgan fingerprint density at radius 3 is 2.67 bits per heavy atom. The van der Waals surface area contributed by atoms with E-state index in [1.807, 2.05) is 19.1 Å². The SMILES string of the molecule is C=CCN(CC(C)C(=O)O)c1ccc(C)cc1C. The van der Waals surface area contributed by atoms with Gasteiger partial charge in [-0.2, -0.15) is 0 Å². The number of nitrogens with zero attached hydrogens (tertiary/aromatic N) is 1. The molecule has 98 valence electrons. The molecule has 0 radical (unpaired) electrons. The van der Waals surface area contributed by atoms with Gasteiger partial charge in [0.2, 0.25) is 0 Å². The number of carboxylic acid groups (broad SMARTS) is 1. The summed E-state index contributed by atoms with van der Waals surface area (Å²) in [6.45, 7) is 10.7. The summed E-state index contributed by atoms with van der Waals surface area (Å²) in [5.74, 6) is -1.17. The molecule has 0 amide bonds. The summed E-state index contributed by atoms with van der Waals surface area (Å²) in [4.78, 5) is 13.0. The predicted molar refractivity (Wildman–Crippen MR) is 75.1 cm³/mol. The number of anilines is 1. The van der Waals surface area contributed by atoms with Gasteiger partial charge in [-0.1, -0.05) is 30.7 Å². The van der Waals surface area contributed by atoms with Gasteiger partial charge in [-0.15, -0.1) is 6.58 Å². The fraction of sp³-hybridized carbons (Fsp3) is 0.400. The lowest BCUT2D eigenvalue weighted by Crippen LogP contribution is -2.32. The van der Waals surface area contributed by atoms with E-state index in [9.17, 15) is 4.79 Å². The van der Waals surface area contributed by atoms with Crippen LogP contribution in [0, 0.1) is 19.8 Å². The number of aliphatic carboxylic acids is 1. The lowest BCUT2D eigenvalue weighted by molar-refractivity contribution is -0.140. The number of carboxylic acids is 1. The van der Waals surface area contributed by atoms with Crippen molar-refractivity contribution >= 4 is 11.7 Å². The lowest BCUT2D eigenvalue weighted by Gasteiger charge is -2.27. The molecule has 0 saturated heterocycles. The van der Waals surface area contributed by atoms with Crippen molar-refractivity contribution in [2.45, 2.75) is 20.8 Å². The molecular formula is C15H21NO2. The number of benzene rings is 1. The molecule has 1 aromatic rings. The van der Waals surface area contributed by atoms with E-state index in [0.29, 0.717) is 13.1 Å². The fourth-order valence-electron chi connectivity index (χ4n) is 2.00. The van der Waals surface area contributed by atoms with Crippen molar-refractivity contribution in [3.8, 4) is 0 Å². The summed E-state index contributed by atoms with van der Waals surface area (Å²) < 4.78 is 0. The van der Waals surface area contributed by atoms with Gasteiger partial charge in [0.05, 0.1) is 5.92 Å². The monoisotopic (exact) mass is 247 g/mol. The average molecular weight is 247 g/mol. The standard InChI is InChI=1S/C15H21NO2/c1-5-8-16(10-13(4)15(17)18)14-7-6-11(2)9-12(14)3/h5-7,9,13H,1,8,10H2,2-4H3,(H,17,18). The van der Waals surface area contributed by atoms with Gasteiger partial charge >= 0.3 is 5.97 Å². The van der Waals surface area contributed by atoms with E-state index < -0.39 is 11.9 Å². The molecule has 18 heavy (non-hydrogen) atoms. The highest BCUT2D eigenvalue weighted by molar-refractivity contribution is 5.70. The van der Waals surface area contributed by atoms with E-state index in [4.69, 9.17) is 5.11 Å². The van der Waals surface area contributed by atoms with Gasteiger partial charge in [-0.25, -0.2) is 0 Å². The summed E-state index contributed by atoms with van der Waals surface area (Å²) in [5.41, 5.74) is 3.45. The van der Waals surface area contributed by atoms with E-state index in [1.54, 1.807) is 13.0 Å². The van der Waals surface area contributed by atoms with Crippen LogP contribution < -0.4 is 4.90 Å². The van der Waals surface area contributed by atoms with Gasteiger partial charge in [-0.3, -0.25) is 4.79 Å². The third kappa shape index (κ3) is 3.62. The van der Waals surface area contributed by atoms with Gasteiger partial charge in [0.1, 0.15) is 0 Å². The molecule has 1 atom stereocenters. The van der Waals surface area contributed by atoms with Crippen LogP contribution >= 0.6 is 0 Å². The van der Waals surface area contributed by atoms with Crippen molar-refractivity contribution in [3.63, 3.8) is 0 Å². The molecule has 0 spiro atoms. The Bertz CT molecular complexity index is 440. The average Bonchev–Trinajstić information content (AvgIpc) is 2.28. The van der Waals surface area contributed by atoms with E-state index in [1.165, 1.54) is 5.56 Å². The smallest absolute Gasteiger partial charge is 0.308 e. The topological polar surface area (TPSA) is 40.5 Å². The molecule has 0 heterocycles. The number of rotatable bonds is 6. The van der Waals surface area contributed by atoms with E-state index in [-0.39, 0.29) is 0 Å². The maximum Gasteiger partial charge on any atom is 0.308 e. The van der Waals surface area contributed by atoms with Crippen molar-refractivity contribution in [3.05, 3.63) is 42.0 Å². The zero-order valence-electron chi connectivity index (χ0n) is 11.3. The fourth-order valence-corrected chi connectivity index (χ4v) is 2.00. The Balaban J connectivity index is 2.96. The summed E-state index contributed by atoms with van der Waals surface area (Å²) in [6, 6.07) is 6.20. The van der Waals surface area contributed by atoms with Crippen LogP contribution in [0.3, 0.4) is 0 Å². The molecule has 1 N–H and O–H groups in total. The second-order valence-corrected chi connectivity index (χ2v) is 4.72. The summed E-state index contributed by atoms with van der Waals surface area (Å²) in [6.07, 6.45) is 1.80. The molecule has 1 rings (SSSR count). The molecular weight excluding hydrogens is 226 g/mol. The Kier molecular flexibility index (Phi) is 4.95. The van der Waals surface area contributed by atoms with Crippen LogP contribution in [0.25, 0.3) is 0 Å². The maximum atomic E-state index is 11.0. The van der Waals surface area contributed by atoms with E-state index >= 15 is 0 Å². The molecule has 3 nitrogen and oxygen atoms in total. The number of hydrogen-bond donors (Lipinski definition) is 1. The normalized spacial score (nSPS) is 11.9. The van der Waals surface area contributed by atoms with Crippen LogP contribution in [0.5, 0.6) is 0 Å². The molecule has 0 aliphatic carbocycles. The van der Waals surface area contributed by atoms with Crippen LogP contribution in [-0.4, -0.2) is 24.2 Å². The minimum Gasteiger partial charge on any atom is -0.481 e. The van der Waals surface area contributed by atoms with Crippen molar-refractivity contribution in [1.82, 2.24) is 0 Å². The van der Waals surface area contributed by atoms with Crippen LogP contribution in [0.1, 0.15) is 18.1 Å². The van der Waals surface area contributed by atoms with Crippen LogP contribution in [0.15, 0.2) is 30.9 Å². The van der Waals surface area contributed by atoms with Gasteiger partial charge < -0.3 is 10.0 Å². The first-order valence-corrected chi connectivity index (χ1v) is 6.11. The third-order valence-corrected chi connectivity index (χ3v) is 2.96. The zero-order valence-corrected chi connectivity index (χ0v) is 11.3. The highest BCUT2D eigenvalue weighted by Gasteiger charge is 2.16. The van der Waals surface area contributed by atoms with Crippen molar-refractivity contribution in [1.29, 1.82) is 0 Å². The highest BCUT2D eigenvalue weighted by atomic mass is 16.4. The minimum absolute atomic E-state index is 0.398. The Morgan fingerprint density at radius 2 is 2.17 bits per heavy atom. The number of hydrogen-bond acceptors (Lipinski definition) is 2. The van der Waals surface area contributed by atoms with Crippen LogP contribution in [0.2, 0.25) is 0 Å². The summed E-state index contributed by atoms with van der Waals surface area (Å²) in [5, 5.41) is 9.01. The zero-order chi connectivity index (χ0) is 13.7. The predicted octanol–water partition coefficient (Wildman–Crippen LogP) is 3.02. The number of aryl methyl sites for hydroxylation is 2. The van der Waals surface area contributed by atoms with Gasteiger partial charge in [0, 0.05) is 18.8 Å². The largest absolute Gasteiger partial charge is 0.481 e. The van der Waals surface area contributed by atoms with Crippen LogP contribution in [0.4, 0.5) is 5.69 Å². The van der Waals surface area contributed by atoms with Gasteiger partial charge in [0.25, 0.3) is 0 Å². The molecule has 0 bridgehead atoms. The molecule has 1 unspecified atom stereocenters. The highest BCUT2D eigenvalue weighted by Crippen LogP contribution is 2.22. The van der Waals surface area contributed by atoms with E-state index in [2.05, 4.69) is 24.5 Å². The summed E-state index contributed by atoms with van der Waals surface area (Å²) >= 11 is 0. The molecule has 0 aliphatic heterocycles. The van der Waals surface area contributed by atoms with Crippen LogP contribution in [-0.2, 0) is 4.79 Å². The quantitative estimate of drug-likeness (QED) is 0.785. The molecule has 0 aromatic heterocycles. The third-order valence-electron chi connectivity index (χ3n) is 2.96. The van der Waals surface area contributed by atoms with Gasteiger partial charge in [-0.05, 0) is 25.5 Å². The van der Waals surface area contributed by atoms with Crippen molar-refractivity contribution < 1.29 is 9.90 Å². The second kappa shape index (κ2) is 6.24. The molecule has 0 aliphatic rings. The molecule has 0 saturated carbocycles. The Morgan fingerprint density at radius 1 is 1.50 bits per heavy atom. The molecule has 1 aromatic carbocycles. The van der Waals surface area contributed by atoms with E-state index in [0.717, 1.165) is 11.3 Å². The Hall–Kier alpha value is -1.77. The molecule has 0 fully saturated rings. The minimum atomic E-state index is -0.770. The number of carbonyl (C=O) groups is 1. The van der Waals surface area contributed by atoms with Crippen molar-refractivity contribution in [2.24, 2.45) is 5.92 Å². The lowest BCUT2D eigenvalue weighted by atomic mass is 10.1.